The summed E-state index contributed by atoms with van der Waals surface area (Å²) >= 11 is 5.97. The van der Waals surface area contributed by atoms with Crippen LogP contribution in [0, 0.1) is 5.92 Å². The van der Waals surface area contributed by atoms with Crippen molar-refractivity contribution < 1.29 is 0 Å². The van der Waals surface area contributed by atoms with E-state index in [1.54, 1.807) is 0 Å². The van der Waals surface area contributed by atoms with Gasteiger partial charge in [0.25, 0.3) is 0 Å². The summed E-state index contributed by atoms with van der Waals surface area (Å²) in [6.45, 7) is 5.75. The van der Waals surface area contributed by atoms with Gasteiger partial charge in [0.1, 0.15) is 0 Å². The van der Waals surface area contributed by atoms with Crippen LogP contribution in [0.3, 0.4) is 0 Å². The molecule has 0 saturated heterocycles. The van der Waals surface area contributed by atoms with Crippen LogP contribution in [0.4, 0.5) is 0 Å². The first kappa shape index (κ1) is 8.54. The fourth-order valence-corrected chi connectivity index (χ4v) is 1.36. The molecule has 0 radical (unpaired) electrons. The molecule has 0 saturated carbocycles. The van der Waals surface area contributed by atoms with Gasteiger partial charge in [0, 0.05) is 17.2 Å². The maximum atomic E-state index is 5.97. The second kappa shape index (κ2) is 3.72. The number of nitrogens with zero attached hydrogens (tertiary/aromatic N) is 1. The fraction of sp³-hybridized carbons (Fsp3) is 0.444. The van der Waals surface area contributed by atoms with Crippen LogP contribution in [0.1, 0.15) is 19.8 Å². The Labute approximate surface area is 72.5 Å². The Kier molecular flexibility index (Phi) is 2.89. The topological polar surface area (TPSA) is 12.4 Å². The highest BCUT2D eigenvalue weighted by molar-refractivity contribution is 6.30. The van der Waals surface area contributed by atoms with Crippen molar-refractivity contribution in [2.24, 2.45) is 10.9 Å². The Morgan fingerprint density at radius 3 is 3.09 bits per heavy atom. The molecule has 0 N–H and O–H groups in total. The minimum atomic E-state index is 0.277. The third-order valence-electron chi connectivity index (χ3n) is 1.79. The molecule has 1 aliphatic heterocycles. The Hall–Kier alpha value is -0.560. The summed E-state index contributed by atoms with van der Waals surface area (Å²) in [5, 5.41) is 0.889. The molecule has 0 amide bonds. The maximum Gasteiger partial charge on any atom is 0.0610 e. The second-order valence-corrected chi connectivity index (χ2v) is 3.12. The number of halogens is 1. The molecule has 1 aliphatic rings. The molecule has 1 atom stereocenters. The predicted molar refractivity (Wildman–Crippen MR) is 50.0 cm³/mol. The van der Waals surface area contributed by atoms with Gasteiger partial charge in [0.2, 0.25) is 0 Å². The normalized spacial score (nSPS) is 20.2. The van der Waals surface area contributed by atoms with E-state index in [1.165, 1.54) is 0 Å². The van der Waals surface area contributed by atoms with Gasteiger partial charge in [-0.05, 0) is 12.8 Å². The summed E-state index contributed by atoms with van der Waals surface area (Å²) in [6, 6.07) is 0. The van der Waals surface area contributed by atoms with E-state index in [0.29, 0.717) is 0 Å². The van der Waals surface area contributed by atoms with E-state index >= 15 is 0 Å². The average Bonchev–Trinajstić information content (AvgIpc) is 2.04. The maximum absolute atomic E-state index is 5.97. The third kappa shape index (κ3) is 1.93. The van der Waals surface area contributed by atoms with E-state index < -0.39 is 0 Å². The molecule has 0 fully saturated rings. The molecule has 1 heterocycles. The van der Waals surface area contributed by atoms with Gasteiger partial charge >= 0.3 is 0 Å². The van der Waals surface area contributed by atoms with Gasteiger partial charge in [-0.3, -0.25) is 4.99 Å². The predicted octanol–water partition coefficient (Wildman–Crippen LogP) is 3.12. The van der Waals surface area contributed by atoms with Crippen molar-refractivity contribution in [3.63, 3.8) is 0 Å². The fourth-order valence-electron chi connectivity index (χ4n) is 1.03. The first-order valence-corrected chi connectivity index (χ1v) is 4.17. The minimum absolute atomic E-state index is 0.277. The van der Waals surface area contributed by atoms with E-state index in [4.69, 9.17) is 11.6 Å². The molecular weight excluding hydrogens is 158 g/mol. The zero-order valence-electron chi connectivity index (χ0n) is 6.68. The molecule has 2 heteroatoms. The molecule has 0 bridgehead atoms. The molecular formula is C9H12ClN. The average molecular weight is 170 g/mol. The Morgan fingerprint density at radius 2 is 2.55 bits per heavy atom. The SMILES string of the molecule is C=CC(C)C1=C(Cl)CCC=N1. The molecule has 60 valence electrons. The highest BCUT2D eigenvalue weighted by Crippen LogP contribution is 2.26. The highest BCUT2D eigenvalue weighted by atomic mass is 35.5. The monoisotopic (exact) mass is 169 g/mol. The van der Waals surface area contributed by atoms with Crippen LogP contribution in [0.5, 0.6) is 0 Å². The van der Waals surface area contributed by atoms with E-state index in [9.17, 15) is 0 Å². The molecule has 0 aromatic heterocycles. The van der Waals surface area contributed by atoms with Crippen molar-refractivity contribution in [1.82, 2.24) is 0 Å². The standard InChI is InChI=1S/C9H12ClN/c1-3-7(2)9-8(10)5-4-6-11-9/h3,6-7H,1,4-5H2,2H3. The first-order valence-electron chi connectivity index (χ1n) is 3.79. The van der Waals surface area contributed by atoms with Crippen LogP contribution >= 0.6 is 11.6 Å². The first-order chi connectivity index (χ1) is 5.25. The van der Waals surface area contributed by atoms with Gasteiger partial charge in [-0.2, -0.15) is 0 Å². The molecule has 0 aromatic carbocycles. The largest absolute Gasteiger partial charge is 0.264 e. The third-order valence-corrected chi connectivity index (χ3v) is 2.17. The van der Waals surface area contributed by atoms with Gasteiger partial charge < -0.3 is 0 Å². The Bertz CT molecular complexity index is 216. The summed E-state index contributed by atoms with van der Waals surface area (Å²) in [5.41, 5.74) is 0.980. The van der Waals surface area contributed by atoms with Crippen LogP contribution in [0.2, 0.25) is 0 Å². The smallest absolute Gasteiger partial charge is 0.0610 e. The summed E-state index contributed by atoms with van der Waals surface area (Å²) in [4.78, 5) is 4.23. The Morgan fingerprint density at radius 1 is 1.82 bits per heavy atom. The van der Waals surface area contributed by atoms with Crippen molar-refractivity contribution in [2.75, 3.05) is 0 Å². The number of hydrogen-bond acceptors (Lipinski definition) is 1. The zero-order valence-corrected chi connectivity index (χ0v) is 7.43. The highest BCUT2D eigenvalue weighted by Gasteiger charge is 2.11. The lowest BCUT2D eigenvalue weighted by Gasteiger charge is -2.13. The Balaban J connectivity index is 2.82. The van der Waals surface area contributed by atoms with Crippen molar-refractivity contribution in [2.45, 2.75) is 19.8 Å². The summed E-state index contributed by atoms with van der Waals surface area (Å²) < 4.78 is 0. The molecule has 0 spiro atoms. The molecule has 1 nitrogen and oxygen atoms in total. The van der Waals surface area contributed by atoms with Gasteiger partial charge in [0.05, 0.1) is 5.70 Å². The number of aliphatic imine (C=N–C) groups is 1. The molecule has 0 aromatic rings. The van der Waals surface area contributed by atoms with E-state index in [2.05, 4.69) is 11.6 Å². The molecule has 1 rings (SSSR count). The number of hydrogen-bond donors (Lipinski definition) is 0. The summed E-state index contributed by atoms with van der Waals surface area (Å²) in [6.07, 6.45) is 5.67. The van der Waals surface area contributed by atoms with Crippen molar-refractivity contribution >= 4 is 17.8 Å². The lowest BCUT2D eigenvalue weighted by Crippen LogP contribution is -2.00. The van der Waals surface area contributed by atoms with Crippen molar-refractivity contribution in [1.29, 1.82) is 0 Å². The van der Waals surface area contributed by atoms with Crippen LogP contribution < -0.4 is 0 Å². The van der Waals surface area contributed by atoms with Gasteiger partial charge in [0.15, 0.2) is 0 Å². The van der Waals surface area contributed by atoms with Crippen LogP contribution in [0.15, 0.2) is 28.4 Å². The second-order valence-electron chi connectivity index (χ2n) is 2.66. The van der Waals surface area contributed by atoms with E-state index in [0.717, 1.165) is 23.6 Å². The van der Waals surface area contributed by atoms with Crippen LogP contribution in [-0.4, -0.2) is 6.21 Å². The van der Waals surface area contributed by atoms with Crippen molar-refractivity contribution in [3.05, 3.63) is 23.4 Å². The van der Waals surface area contributed by atoms with Crippen molar-refractivity contribution in [3.8, 4) is 0 Å². The summed E-state index contributed by atoms with van der Waals surface area (Å²) in [7, 11) is 0. The minimum Gasteiger partial charge on any atom is -0.264 e. The molecule has 11 heavy (non-hydrogen) atoms. The van der Waals surface area contributed by atoms with E-state index in [-0.39, 0.29) is 5.92 Å². The number of allylic oxidation sites excluding steroid dienone is 2. The van der Waals surface area contributed by atoms with Crippen LogP contribution in [0.25, 0.3) is 0 Å². The lowest BCUT2D eigenvalue weighted by atomic mass is 10.1. The van der Waals surface area contributed by atoms with Crippen LogP contribution in [-0.2, 0) is 0 Å². The van der Waals surface area contributed by atoms with Gasteiger partial charge in [-0.25, -0.2) is 0 Å². The lowest BCUT2D eigenvalue weighted by molar-refractivity contribution is 0.817. The summed E-state index contributed by atoms with van der Waals surface area (Å²) in [5.74, 6) is 0.277. The van der Waals surface area contributed by atoms with E-state index in [1.807, 2.05) is 19.2 Å². The zero-order chi connectivity index (χ0) is 8.27. The van der Waals surface area contributed by atoms with Gasteiger partial charge in [-0.15, -0.1) is 6.58 Å². The number of rotatable bonds is 2. The van der Waals surface area contributed by atoms with Gasteiger partial charge in [-0.1, -0.05) is 24.6 Å². The quantitative estimate of drug-likeness (QED) is 0.564. The molecule has 1 unspecified atom stereocenters. The molecule has 0 aliphatic carbocycles.